The number of ether oxygens (including phenoxy) is 1. The van der Waals surface area contributed by atoms with E-state index in [1.54, 1.807) is 25.3 Å². The van der Waals surface area contributed by atoms with E-state index in [0.29, 0.717) is 29.2 Å². The number of hydrogen-bond acceptors (Lipinski definition) is 4. The van der Waals surface area contributed by atoms with Crippen LogP contribution in [0.5, 0.6) is 5.75 Å². The maximum absolute atomic E-state index is 11.2. The van der Waals surface area contributed by atoms with Crippen LogP contribution in [0.1, 0.15) is 15.9 Å². The standard InChI is InChI=1S/C15H17N3O2/c1-20-14-7-6-10(15(17)19)8-13(14)18-9-11-4-2-3-5-12(11)16/h2-8,18H,9,16H2,1H3,(H2,17,19). The van der Waals surface area contributed by atoms with Crippen LogP contribution < -0.4 is 21.5 Å². The smallest absolute Gasteiger partial charge is 0.248 e. The number of hydrogen-bond donors (Lipinski definition) is 3. The minimum atomic E-state index is -0.477. The summed E-state index contributed by atoms with van der Waals surface area (Å²) in [6.07, 6.45) is 0. The SMILES string of the molecule is COc1ccc(C(N)=O)cc1NCc1ccccc1N. The fourth-order valence-corrected chi connectivity index (χ4v) is 1.89. The number of nitrogens with one attached hydrogen (secondary N) is 1. The van der Waals surface area contributed by atoms with Gasteiger partial charge < -0.3 is 21.5 Å². The van der Waals surface area contributed by atoms with Crippen LogP contribution in [0.15, 0.2) is 42.5 Å². The number of carbonyl (C=O) groups excluding carboxylic acids is 1. The molecule has 5 nitrogen and oxygen atoms in total. The van der Waals surface area contributed by atoms with Crippen molar-refractivity contribution in [2.75, 3.05) is 18.2 Å². The van der Waals surface area contributed by atoms with Crippen molar-refractivity contribution in [3.63, 3.8) is 0 Å². The van der Waals surface area contributed by atoms with E-state index in [-0.39, 0.29) is 0 Å². The lowest BCUT2D eigenvalue weighted by Gasteiger charge is -2.13. The monoisotopic (exact) mass is 271 g/mol. The van der Waals surface area contributed by atoms with Crippen LogP contribution in [-0.2, 0) is 6.54 Å². The molecule has 0 bridgehead atoms. The number of anilines is 2. The van der Waals surface area contributed by atoms with Gasteiger partial charge in [0, 0.05) is 17.8 Å². The van der Waals surface area contributed by atoms with E-state index in [1.165, 1.54) is 0 Å². The summed E-state index contributed by atoms with van der Waals surface area (Å²) in [6, 6.07) is 12.6. The Morgan fingerprint density at radius 1 is 1.25 bits per heavy atom. The number of nitrogens with two attached hydrogens (primary N) is 2. The molecule has 5 heteroatoms. The molecule has 1 amide bonds. The predicted octanol–water partition coefficient (Wildman–Crippen LogP) is 1.99. The van der Waals surface area contributed by atoms with Crippen LogP contribution in [-0.4, -0.2) is 13.0 Å². The second-order valence-electron chi connectivity index (χ2n) is 4.33. The lowest BCUT2D eigenvalue weighted by Crippen LogP contribution is -2.12. The summed E-state index contributed by atoms with van der Waals surface area (Å²) >= 11 is 0. The van der Waals surface area contributed by atoms with E-state index < -0.39 is 5.91 Å². The second-order valence-corrected chi connectivity index (χ2v) is 4.33. The van der Waals surface area contributed by atoms with Crippen molar-refractivity contribution in [1.82, 2.24) is 0 Å². The zero-order chi connectivity index (χ0) is 14.5. The zero-order valence-electron chi connectivity index (χ0n) is 11.2. The third kappa shape index (κ3) is 3.00. The highest BCUT2D eigenvalue weighted by Gasteiger charge is 2.08. The minimum Gasteiger partial charge on any atom is -0.495 e. The molecule has 104 valence electrons. The average molecular weight is 271 g/mol. The third-order valence-electron chi connectivity index (χ3n) is 3.01. The molecule has 0 aliphatic rings. The summed E-state index contributed by atoms with van der Waals surface area (Å²) in [5.74, 6) is 0.166. The summed E-state index contributed by atoms with van der Waals surface area (Å²) in [5.41, 5.74) is 14.0. The number of rotatable bonds is 5. The molecule has 2 aromatic carbocycles. The molecule has 0 saturated heterocycles. The first-order valence-corrected chi connectivity index (χ1v) is 6.17. The quantitative estimate of drug-likeness (QED) is 0.725. The summed E-state index contributed by atoms with van der Waals surface area (Å²) in [5, 5.41) is 3.20. The van der Waals surface area contributed by atoms with Crippen LogP contribution in [0, 0.1) is 0 Å². The van der Waals surface area contributed by atoms with Gasteiger partial charge in [-0.15, -0.1) is 0 Å². The normalized spacial score (nSPS) is 10.1. The van der Waals surface area contributed by atoms with E-state index in [0.717, 1.165) is 5.56 Å². The average Bonchev–Trinajstić information content (AvgIpc) is 2.46. The molecule has 5 N–H and O–H groups in total. The molecule has 2 rings (SSSR count). The highest BCUT2D eigenvalue weighted by atomic mass is 16.5. The number of carbonyl (C=O) groups is 1. The Kier molecular flexibility index (Phi) is 4.10. The van der Waals surface area contributed by atoms with Crippen molar-refractivity contribution in [3.05, 3.63) is 53.6 Å². The molecule has 0 aliphatic heterocycles. The Hall–Kier alpha value is -2.69. The van der Waals surface area contributed by atoms with Crippen LogP contribution in [0.25, 0.3) is 0 Å². The molecule has 0 spiro atoms. The maximum atomic E-state index is 11.2. The van der Waals surface area contributed by atoms with Gasteiger partial charge in [0.05, 0.1) is 12.8 Å². The molecule has 0 aromatic heterocycles. The largest absolute Gasteiger partial charge is 0.495 e. The van der Waals surface area contributed by atoms with Gasteiger partial charge in [-0.2, -0.15) is 0 Å². The summed E-state index contributed by atoms with van der Waals surface area (Å²) in [4.78, 5) is 11.2. The molecule has 0 radical (unpaired) electrons. The first kappa shape index (κ1) is 13.7. The van der Waals surface area contributed by atoms with Gasteiger partial charge >= 0.3 is 0 Å². The minimum absolute atomic E-state index is 0.425. The van der Waals surface area contributed by atoms with Crippen molar-refractivity contribution in [3.8, 4) is 5.75 Å². The van der Waals surface area contributed by atoms with Gasteiger partial charge in [0.15, 0.2) is 0 Å². The highest BCUT2D eigenvalue weighted by Crippen LogP contribution is 2.26. The Morgan fingerprint density at radius 3 is 2.65 bits per heavy atom. The summed E-state index contributed by atoms with van der Waals surface area (Å²) < 4.78 is 5.25. The van der Waals surface area contributed by atoms with Crippen molar-refractivity contribution in [2.45, 2.75) is 6.54 Å². The number of primary amides is 1. The Bertz CT molecular complexity index is 626. The zero-order valence-corrected chi connectivity index (χ0v) is 11.2. The van der Waals surface area contributed by atoms with Gasteiger partial charge in [0.25, 0.3) is 0 Å². The van der Waals surface area contributed by atoms with Crippen molar-refractivity contribution < 1.29 is 9.53 Å². The number of para-hydroxylation sites is 1. The maximum Gasteiger partial charge on any atom is 0.248 e. The van der Waals surface area contributed by atoms with E-state index in [1.807, 2.05) is 24.3 Å². The number of methoxy groups -OCH3 is 1. The molecule has 2 aromatic rings. The molecule has 0 atom stereocenters. The lowest BCUT2D eigenvalue weighted by molar-refractivity contribution is 0.100. The third-order valence-corrected chi connectivity index (χ3v) is 3.01. The Balaban J connectivity index is 2.22. The van der Waals surface area contributed by atoms with Gasteiger partial charge in [0.1, 0.15) is 5.75 Å². The Labute approximate surface area is 117 Å². The molecule has 0 heterocycles. The Morgan fingerprint density at radius 2 is 2.00 bits per heavy atom. The molecule has 0 unspecified atom stereocenters. The molecule has 0 fully saturated rings. The van der Waals surface area contributed by atoms with E-state index >= 15 is 0 Å². The van der Waals surface area contributed by atoms with Gasteiger partial charge in [-0.25, -0.2) is 0 Å². The molecule has 0 saturated carbocycles. The predicted molar refractivity (Wildman–Crippen MR) is 79.7 cm³/mol. The fraction of sp³-hybridized carbons (Fsp3) is 0.133. The van der Waals surface area contributed by atoms with Crippen LogP contribution in [0.3, 0.4) is 0 Å². The second kappa shape index (κ2) is 5.97. The van der Waals surface area contributed by atoms with Crippen molar-refractivity contribution in [1.29, 1.82) is 0 Å². The van der Waals surface area contributed by atoms with Gasteiger partial charge in [0.2, 0.25) is 5.91 Å². The molecule has 0 aliphatic carbocycles. The van der Waals surface area contributed by atoms with Crippen molar-refractivity contribution >= 4 is 17.3 Å². The number of amides is 1. The van der Waals surface area contributed by atoms with Gasteiger partial charge in [-0.1, -0.05) is 18.2 Å². The lowest BCUT2D eigenvalue weighted by atomic mass is 10.1. The highest BCUT2D eigenvalue weighted by molar-refractivity contribution is 5.94. The van der Waals surface area contributed by atoms with Crippen LogP contribution in [0.2, 0.25) is 0 Å². The van der Waals surface area contributed by atoms with E-state index in [2.05, 4.69) is 5.32 Å². The topological polar surface area (TPSA) is 90.4 Å². The van der Waals surface area contributed by atoms with Crippen LogP contribution >= 0.6 is 0 Å². The molecular formula is C15H17N3O2. The summed E-state index contributed by atoms with van der Waals surface area (Å²) in [7, 11) is 1.57. The number of benzene rings is 2. The van der Waals surface area contributed by atoms with Crippen LogP contribution in [0.4, 0.5) is 11.4 Å². The first-order valence-electron chi connectivity index (χ1n) is 6.17. The van der Waals surface area contributed by atoms with E-state index in [4.69, 9.17) is 16.2 Å². The number of nitrogen functional groups attached to an aromatic ring is 1. The fourth-order valence-electron chi connectivity index (χ4n) is 1.89. The van der Waals surface area contributed by atoms with Gasteiger partial charge in [-0.3, -0.25) is 4.79 Å². The molecular weight excluding hydrogens is 254 g/mol. The molecule has 20 heavy (non-hydrogen) atoms. The van der Waals surface area contributed by atoms with E-state index in [9.17, 15) is 4.79 Å². The van der Waals surface area contributed by atoms with Gasteiger partial charge in [-0.05, 0) is 29.8 Å². The van der Waals surface area contributed by atoms with Crippen molar-refractivity contribution in [2.24, 2.45) is 5.73 Å². The first-order chi connectivity index (χ1) is 9.61. The summed E-state index contributed by atoms with van der Waals surface area (Å²) in [6.45, 7) is 0.533.